The van der Waals surface area contributed by atoms with Crippen LogP contribution in [0.4, 0.5) is 11.4 Å². The van der Waals surface area contributed by atoms with Crippen LogP contribution in [0.5, 0.6) is 0 Å². The molecule has 0 aromatic heterocycles. The van der Waals surface area contributed by atoms with Crippen LogP contribution in [0.15, 0.2) is 42.0 Å². The molecule has 1 aliphatic carbocycles. The first kappa shape index (κ1) is 27.1. The van der Waals surface area contributed by atoms with Gasteiger partial charge in [0, 0.05) is 34.9 Å². The third-order valence-electron chi connectivity index (χ3n) is 6.80. The molecule has 198 valence electrons. The number of hydrogen-bond donors (Lipinski definition) is 2. The van der Waals surface area contributed by atoms with Crippen LogP contribution in [0.3, 0.4) is 0 Å². The fraction of sp³-hybridized carbons (Fsp3) is 0.571. The summed E-state index contributed by atoms with van der Waals surface area (Å²) in [7, 11) is 0. The normalized spacial score (nSPS) is 27.8. The van der Waals surface area contributed by atoms with Gasteiger partial charge in [-0.25, -0.2) is 4.99 Å². The molecule has 1 aromatic rings. The predicted octanol–water partition coefficient (Wildman–Crippen LogP) is 4.87. The van der Waals surface area contributed by atoms with Crippen LogP contribution in [-0.2, 0) is 14.3 Å². The first-order valence-electron chi connectivity index (χ1n) is 12.9. The molecule has 9 heteroatoms. The zero-order valence-electron chi connectivity index (χ0n) is 22.2. The maximum absolute atomic E-state index is 13.3. The van der Waals surface area contributed by atoms with Gasteiger partial charge in [0.25, 0.3) is 0 Å². The van der Waals surface area contributed by atoms with E-state index in [2.05, 4.69) is 42.1 Å². The number of benzene rings is 1. The molecule has 2 amide bonds. The molecule has 3 aliphatic rings. The predicted molar refractivity (Wildman–Crippen MR) is 148 cm³/mol. The average molecular weight is 524 g/mol. The first-order chi connectivity index (χ1) is 17.5. The number of amides is 2. The lowest BCUT2D eigenvalue weighted by atomic mass is 9.95. The average Bonchev–Trinajstić information content (AvgIpc) is 3.28. The first-order valence-corrected chi connectivity index (χ1v) is 13.8. The quantitative estimate of drug-likeness (QED) is 0.478. The van der Waals surface area contributed by atoms with E-state index in [4.69, 9.17) is 4.74 Å². The highest BCUT2D eigenvalue weighted by Crippen LogP contribution is 2.49. The number of hydrogen-bond acceptors (Lipinski definition) is 7. The summed E-state index contributed by atoms with van der Waals surface area (Å²) >= 11 is 1.51. The van der Waals surface area contributed by atoms with Gasteiger partial charge in [-0.1, -0.05) is 47.3 Å². The molecule has 4 rings (SSSR count). The van der Waals surface area contributed by atoms with Crippen LogP contribution in [0.2, 0.25) is 0 Å². The van der Waals surface area contributed by atoms with Gasteiger partial charge in [0.1, 0.15) is 12.0 Å². The molecule has 6 atom stereocenters. The van der Waals surface area contributed by atoms with Crippen molar-refractivity contribution in [3.63, 3.8) is 0 Å². The Balaban J connectivity index is 1.40. The molecular formula is C28H37N5O3S. The Morgan fingerprint density at radius 2 is 2.11 bits per heavy atom. The summed E-state index contributed by atoms with van der Waals surface area (Å²) in [5.41, 5.74) is 1.15. The number of aliphatic imine (C=N–C) groups is 1. The van der Waals surface area contributed by atoms with Gasteiger partial charge in [-0.2, -0.15) is 5.26 Å². The molecular weight excluding hydrogens is 486 g/mol. The Labute approximate surface area is 223 Å². The van der Waals surface area contributed by atoms with E-state index in [1.807, 2.05) is 45.0 Å². The maximum atomic E-state index is 13.3. The molecule has 0 spiro atoms. The minimum Gasteiger partial charge on any atom is -0.478 e. The number of nitriles is 1. The minimum absolute atomic E-state index is 0.0249. The van der Waals surface area contributed by atoms with Crippen LogP contribution in [-0.4, -0.2) is 51.9 Å². The second-order valence-electron chi connectivity index (χ2n) is 11.5. The number of nitrogens with one attached hydrogen (secondary N) is 2. The van der Waals surface area contributed by atoms with Crippen LogP contribution in [0.1, 0.15) is 47.5 Å². The Bertz CT molecular complexity index is 1120. The summed E-state index contributed by atoms with van der Waals surface area (Å²) < 4.78 is 5.83. The van der Waals surface area contributed by atoms with E-state index in [1.165, 1.54) is 18.0 Å². The molecule has 1 aromatic carbocycles. The van der Waals surface area contributed by atoms with Crippen LogP contribution < -0.4 is 10.6 Å². The van der Waals surface area contributed by atoms with E-state index >= 15 is 0 Å². The Morgan fingerprint density at radius 1 is 1.38 bits per heavy atom. The minimum atomic E-state index is -0.637. The molecule has 0 radical (unpaired) electrons. The fourth-order valence-electron chi connectivity index (χ4n) is 4.71. The Morgan fingerprint density at radius 3 is 2.76 bits per heavy atom. The maximum Gasteiger partial charge on any atom is 0.241 e. The number of ether oxygens (including phenoxy) is 1. The van der Waals surface area contributed by atoms with Crippen molar-refractivity contribution in [2.24, 2.45) is 28.2 Å². The van der Waals surface area contributed by atoms with Crippen LogP contribution in [0.25, 0.3) is 0 Å². The zero-order chi connectivity index (χ0) is 26.9. The number of thioether (sulfide) groups is 1. The van der Waals surface area contributed by atoms with Gasteiger partial charge in [-0.15, -0.1) is 11.8 Å². The monoisotopic (exact) mass is 523 g/mol. The number of nitrogens with zero attached hydrogens (tertiary/aromatic N) is 3. The molecule has 5 unspecified atom stereocenters. The van der Waals surface area contributed by atoms with Crippen LogP contribution in [0, 0.1) is 34.5 Å². The second kappa shape index (κ2) is 10.8. The highest BCUT2D eigenvalue weighted by atomic mass is 32.2. The van der Waals surface area contributed by atoms with E-state index in [0.717, 1.165) is 24.2 Å². The molecule has 2 heterocycles. The van der Waals surface area contributed by atoms with Gasteiger partial charge in [0.05, 0.1) is 17.4 Å². The van der Waals surface area contributed by atoms with E-state index in [0.29, 0.717) is 18.4 Å². The molecule has 8 nitrogen and oxygen atoms in total. The molecule has 0 bridgehead atoms. The Kier molecular flexibility index (Phi) is 7.88. The van der Waals surface area contributed by atoms with Crippen molar-refractivity contribution in [3.8, 4) is 6.07 Å². The number of carbonyl (C=O) groups excluding carboxylic acids is 2. The van der Waals surface area contributed by atoms with Crippen molar-refractivity contribution >= 4 is 40.8 Å². The largest absolute Gasteiger partial charge is 0.478 e. The van der Waals surface area contributed by atoms with Crippen molar-refractivity contribution in [3.05, 3.63) is 37.0 Å². The second-order valence-corrected chi connectivity index (χ2v) is 12.7. The topological polar surface area (TPSA) is 107 Å². The van der Waals surface area contributed by atoms with E-state index in [1.54, 1.807) is 4.90 Å². The molecule has 2 N–H and O–H groups in total. The molecule has 1 saturated carbocycles. The summed E-state index contributed by atoms with van der Waals surface area (Å²) in [5.74, 6) is 0.354. The molecule has 37 heavy (non-hydrogen) atoms. The molecule has 2 fully saturated rings. The standard InChI is InChI=1S/C28H37N5O3S/c1-7-33-25(34)23(37-26(33)21(14-29)24-31-19(15-36-24)11-16(2)3)20-13-22(20)30-17-9-8-10-18(12-17)32-27(35)28(4,5)6/h7-10,12,16,19-23,26,30H,1,11,13,15H2,2-6H3,(H,32,35)/t19?,20?,21?,22-,23?,26?/m0/s1. The number of carbonyl (C=O) groups is 2. The zero-order valence-corrected chi connectivity index (χ0v) is 23.0. The van der Waals surface area contributed by atoms with Crippen molar-refractivity contribution in [1.29, 1.82) is 5.26 Å². The van der Waals surface area contributed by atoms with Gasteiger partial charge in [-0.3, -0.25) is 9.59 Å². The molecule has 1 saturated heterocycles. The summed E-state index contributed by atoms with van der Waals surface area (Å²) in [6.07, 6.45) is 3.28. The summed E-state index contributed by atoms with van der Waals surface area (Å²) in [6.45, 7) is 14.2. The Hall–Kier alpha value is -2.99. The van der Waals surface area contributed by atoms with Gasteiger partial charge >= 0.3 is 0 Å². The highest BCUT2D eigenvalue weighted by Gasteiger charge is 2.55. The lowest BCUT2D eigenvalue weighted by Gasteiger charge is -2.23. The lowest BCUT2D eigenvalue weighted by Crippen LogP contribution is -2.37. The summed E-state index contributed by atoms with van der Waals surface area (Å²) in [6, 6.07) is 10.2. The third kappa shape index (κ3) is 6.12. The van der Waals surface area contributed by atoms with Crippen LogP contribution >= 0.6 is 11.8 Å². The van der Waals surface area contributed by atoms with Crippen molar-refractivity contribution < 1.29 is 14.3 Å². The van der Waals surface area contributed by atoms with E-state index < -0.39 is 16.7 Å². The number of rotatable bonds is 9. The fourth-order valence-corrected chi connectivity index (χ4v) is 6.41. The SMILES string of the molecule is C=CN1C(=O)C(C2C[C@@H]2Nc2cccc(NC(=O)C(C)(C)C)c2)SC1C(C#N)C1=NC(CC(C)C)CO1. The number of anilines is 2. The van der Waals surface area contributed by atoms with Gasteiger partial charge in [0.15, 0.2) is 5.92 Å². The third-order valence-corrected chi connectivity index (χ3v) is 8.43. The smallest absolute Gasteiger partial charge is 0.241 e. The van der Waals surface area contributed by atoms with Crippen molar-refractivity contribution in [2.45, 2.75) is 70.2 Å². The van der Waals surface area contributed by atoms with Gasteiger partial charge < -0.3 is 20.3 Å². The molecule has 2 aliphatic heterocycles. The highest BCUT2D eigenvalue weighted by molar-refractivity contribution is 8.01. The van der Waals surface area contributed by atoms with Gasteiger partial charge in [-0.05, 0) is 37.0 Å². The lowest BCUT2D eigenvalue weighted by molar-refractivity contribution is -0.128. The van der Waals surface area contributed by atoms with Crippen molar-refractivity contribution in [2.75, 3.05) is 17.2 Å². The van der Waals surface area contributed by atoms with Gasteiger partial charge in [0.2, 0.25) is 17.7 Å². The van der Waals surface area contributed by atoms with E-state index in [9.17, 15) is 14.9 Å². The van der Waals surface area contributed by atoms with E-state index in [-0.39, 0.29) is 35.1 Å². The summed E-state index contributed by atoms with van der Waals surface area (Å²) in [5, 5.41) is 15.8. The van der Waals surface area contributed by atoms with Crippen molar-refractivity contribution in [1.82, 2.24) is 4.90 Å². The summed E-state index contributed by atoms with van der Waals surface area (Å²) in [4.78, 5) is 31.9.